The van der Waals surface area contributed by atoms with Gasteiger partial charge >= 0.3 is 0 Å². The van der Waals surface area contributed by atoms with E-state index in [4.69, 9.17) is 9.47 Å². The van der Waals surface area contributed by atoms with E-state index in [2.05, 4.69) is 38.3 Å². The summed E-state index contributed by atoms with van der Waals surface area (Å²) in [6.07, 6.45) is 2.37. The number of methoxy groups -OCH3 is 2. The summed E-state index contributed by atoms with van der Waals surface area (Å²) in [5.74, 6) is 0.0156. The zero-order valence-electron chi connectivity index (χ0n) is 26.7. The largest absolute Gasteiger partial charge is 0.379 e. The molecule has 1 aliphatic rings. The van der Waals surface area contributed by atoms with Gasteiger partial charge in [-0.2, -0.15) is 0 Å². The molecular formula is C30H58N4O5. The van der Waals surface area contributed by atoms with Crippen molar-refractivity contribution in [3.63, 3.8) is 0 Å². The van der Waals surface area contributed by atoms with E-state index in [9.17, 15) is 14.4 Å². The van der Waals surface area contributed by atoms with E-state index in [1.54, 1.807) is 33.2 Å². The van der Waals surface area contributed by atoms with Gasteiger partial charge in [-0.15, -0.1) is 0 Å². The molecule has 0 aromatic rings. The fourth-order valence-corrected chi connectivity index (χ4v) is 6.08. The summed E-state index contributed by atoms with van der Waals surface area (Å²) in [7, 11) is 6.85. The first kappa shape index (κ1) is 35.3. The number of likely N-dealkylation sites (tertiary alicyclic amines) is 1. The summed E-state index contributed by atoms with van der Waals surface area (Å²) < 4.78 is 11.7. The molecule has 1 heterocycles. The zero-order valence-corrected chi connectivity index (χ0v) is 26.7. The molecule has 0 aromatic carbocycles. The molecule has 0 bridgehead atoms. The highest BCUT2D eigenvalue weighted by atomic mass is 16.5. The van der Waals surface area contributed by atoms with Crippen LogP contribution in [0.2, 0.25) is 0 Å². The lowest BCUT2D eigenvalue weighted by atomic mass is 9.89. The Bertz CT molecular complexity index is 774. The highest BCUT2D eigenvalue weighted by Crippen LogP contribution is 2.29. The fourth-order valence-electron chi connectivity index (χ4n) is 6.08. The first-order valence-corrected chi connectivity index (χ1v) is 14.9. The summed E-state index contributed by atoms with van der Waals surface area (Å²) in [4.78, 5) is 44.3. The minimum atomic E-state index is -0.687. The van der Waals surface area contributed by atoms with Gasteiger partial charge in [0.25, 0.3) is 0 Å². The Labute approximate surface area is 238 Å². The Morgan fingerprint density at radius 3 is 1.97 bits per heavy atom. The van der Waals surface area contributed by atoms with Crippen molar-refractivity contribution in [2.75, 3.05) is 34.9 Å². The number of rotatable bonds is 16. The van der Waals surface area contributed by atoms with Crippen molar-refractivity contribution in [3.8, 4) is 0 Å². The number of hydrogen-bond donors (Lipinski definition) is 2. The van der Waals surface area contributed by atoms with Crippen LogP contribution >= 0.6 is 0 Å². The van der Waals surface area contributed by atoms with Crippen molar-refractivity contribution in [1.29, 1.82) is 0 Å². The Balaban J connectivity index is 3.20. The van der Waals surface area contributed by atoms with Gasteiger partial charge in [0.15, 0.2) is 0 Å². The van der Waals surface area contributed by atoms with Gasteiger partial charge < -0.3 is 29.9 Å². The van der Waals surface area contributed by atoms with E-state index in [0.29, 0.717) is 12.5 Å². The molecule has 9 heteroatoms. The van der Waals surface area contributed by atoms with E-state index in [1.165, 1.54) is 0 Å². The average Bonchev–Trinajstić information content (AvgIpc) is 3.35. The molecule has 1 saturated heterocycles. The maximum Gasteiger partial charge on any atom is 0.245 e. The number of hydrogen-bond acceptors (Lipinski definition) is 6. The topological polar surface area (TPSA) is 100 Å². The molecule has 0 radical (unpaired) electrons. The molecule has 39 heavy (non-hydrogen) atoms. The summed E-state index contributed by atoms with van der Waals surface area (Å²) in [6.45, 7) is 16.9. The predicted molar refractivity (Wildman–Crippen MR) is 156 cm³/mol. The van der Waals surface area contributed by atoms with Crippen molar-refractivity contribution in [2.24, 2.45) is 23.7 Å². The number of likely N-dealkylation sites (N-methyl/N-ethyl adjacent to an activating group) is 2. The maximum absolute atomic E-state index is 13.9. The SMILES string of the molecule is CCC(C)C(C(CC(=O)N1CCC[C@H]1C(OC)C(C)C)OC)N(C)C(=O)C(NC(=O)C(NC)C(C)C)C(C)C. The molecule has 0 spiro atoms. The van der Waals surface area contributed by atoms with Crippen molar-refractivity contribution in [2.45, 2.75) is 117 Å². The molecule has 0 aliphatic carbocycles. The molecule has 228 valence electrons. The van der Waals surface area contributed by atoms with Crippen molar-refractivity contribution < 1.29 is 23.9 Å². The monoisotopic (exact) mass is 554 g/mol. The average molecular weight is 555 g/mol. The van der Waals surface area contributed by atoms with Crippen LogP contribution in [0.15, 0.2) is 0 Å². The van der Waals surface area contributed by atoms with Crippen LogP contribution < -0.4 is 10.6 Å². The van der Waals surface area contributed by atoms with Crippen molar-refractivity contribution in [3.05, 3.63) is 0 Å². The van der Waals surface area contributed by atoms with Crippen LogP contribution in [0.5, 0.6) is 0 Å². The highest BCUT2D eigenvalue weighted by Gasteiger charge is 2.41. The van der Waals surface area contributed by atoms with Gasteiger partial charge in [-0.05, 0) is 43.6 Å². The van der Waals surface area contributed by atoms with E-state index in [0.717, 1.165) is 19.3 Å². The number of nitrogens with one attached hydrogen (secondary N) is 2. The lowest BCUT2D eigenvalue weighted by molar-refractivity contribution is -0.147. The molecular weight excluding hydrogens is 496 g/mol. The zero-order chi connectivity index (χ0) is 30.0. The Kier molecular flexibility index (Phi) is 15.0. The van der Waals surface area contributed by atoms with Crippen LogP contribution in [0, 0.1) is 23.7 Å². The van der Waals surface area contributed by atoms with Crippen LogP contribution in [-0.2, 0) is 23.9 Å². The Hall–Kier alpha value is -1.71. The molecule has 0 saturated carbocycles. The van der Waals surface area contributed by atoms with Crippen LogP contribution in [0.3, 0.4) is 0 Å². The van der Waals surface area contributed by atoms with Gasteiger partial charge in [-0.3, -0.25) is 14.4 Å². The van der Waals surface area contributed by atoms with Crippen molar-refractivity contribution in [1.82, 2.24) is 20.4 Å². The van der Waals surface area contributed by atoms with E-state index in [-0.39, 0.29) is 60.1 Å². The molecule has 2 N–H and O–H groups in total. The second-order valence-corrected chi connectivity index (χ2v) is 12.3. The molecule has 3 amide bonds. The number of carbonyl (C=O) groups is 3. The normalized spacial score (nSPS) is 20.6. The third kappa shape index (κ3) is 9.15. The first-order valence-electron chi connectivity index (χ1n) is 14.9. The van der Waals surface area contributed by atoms with Crippen LogP contribution in [0.4, 0.5) is 0 Å². The van der Waals surface area contributed by atoms with Gasteiger partial charge in [0, 0.05) is 27.8 Å². The van der Waals surface area contributed by atoms with Crippen molar-refractivity contribution >= 4 is 17.7 Å². The van der Waals surface area contributed by atoms with E-state index >= 15 is 0 Å². The molecule has 1 fully saturated rings. The third-order valence-corrected chi connectivity index (χ3v) is 8.50. The molecule has 9 nitrogen and oxygen atoms in total. The fraction of sp³-hybridized carbons (Fsp3) is 0.900. The lowest BCUT2D eigenvalue weighted by Gasteiger charge is -2.41. The first-order chi connectivity index (χ1) is 18.3. The highest BCUT2D eigenvalue weighted by molar-refractivity contribution is 5.90. The summed E-state index contributed by atoms with van der Waals surface area (Å²) in [6, 6.07) is -1.37. The van der Waals surface area contributed by atoms with Gasteiger partial charge in [0.05, 0.1) is 36.8 Å². The Morgan fingerprint density at radius 1 is 0.949 bits per heavy atom. The van der Waals surface area contributed by atoms with Crippen LogP contribution in [0.1, 0.15) is 81.1 Å². The van der Waals surface area contributed by atoms with E-state index in [1.807, 2.05) is 32.6 Å². The summed E-state index contributed by atoms with van der Waals surface area (Å²) in [5, 5.41) is 6.05. The number of ether oxygens (including phenoxy) is 2. The number of amides is 3. The third-order valence-electron chi connectivity index (χ3n) is 8.50. The minimum absolute atomic E-state index is 0.0188. The quantitative estimate of drug-likeness (QED) is 0.304. The summed E-state index contributed by atoms with van der Waals surface area (Å²) >= 11 is 0. The van der Waals surface area contributed by atoms with Gasteiger partial charge in [-0.1, -0.05) is 61.8 Å². The predicted octanol–water partition coefficient (Wildman–Crippen LogP) is 3.31. The summed E-state index contributed by atoms with van der Waals surface area (Å²) in [5.41, 5.74) is 0. The van der Waals surface area contributed by atoms with E-state index < -0.39 is 18.2 Å². The standard InChI is InChI=1S/C30H58N4O5/c1-13-21(8)27(33(10)30(37)26(19(4)5)32-29(36)25(31-9)18(2)3)23(38-11)17-24(35)34-16-14-15-22(34)28(39-12)20(6)7/h18-23,25-28,31H,13-17H2,1-12H3,(H,32,36)/t21?,22-,23?,25?,26?,27?,28?/m0/s1. The van der Waals surface area contributed by atoms with Gasteiger partial charge in [0.2, 0.25) is 17.7 Å². The molecule has 6 unspecified atom stereocenters. The smallest absolute Gasteiger partial charge is 0.245 e. The molecule has 1 rings (SSSR count). The molecule has 7 atom stereocenters. The minimum Gasteiger partial charge on any atom is -0.379 e. The number of carbonyl (C=O) groups excluding carboxylic acids is 3. The van der Waals surface area contributed by atoms with Crippen LogP contribution in [0.25, 0.3) is 0 Å². The maximum atomic E-state index is 13.9. The molecule has 0 aromatic heterocycles. The van der Waals surface area contributed by atoms with Gasteiger partial charge in [-0.25, -0.2) is 0 Å². The lowest BCUT2D eigenvalue weighted by Crippen LogP contribution is -2.59. The second kappa shape index (κ2) is 16.5. The molecule has 1 aliphatic heterocycles. The van der Waals surface area contributed by atoms with Crippen LogP contribution in [-0.4, -0.2) is 98.8 Å². The van der Waals surface area contributed by atoms with Gasteiger partial charge in [0.1, 0.15) is 6.04 Å². The Morgan fingerprint density at radius 2 is 1.54 bits per heavy atom. The number of nitrogens with zero attached hydrogens (tertiary/aromatic N) is 2. The second-order valence-electron chi connectivity index (χ2n) is 12.3.